The lowest BCUT2D eigenvalue weighted by Crippen LogP contribution is -2.33. The van der Waals surface area contributed by atoms with E-state index in [9.17, 15) is 26.7 Å². The summed E-state index contributed by atoms with van der Waals surface area (Å²) in [6.45, 7) is 0. The van der Waals surface area contributed by atoms with Crippen LogP contribution in [-0.2, 0) is 6.18 Å². The van der Waals surface area contributed by atoms with Gasteiger partial charge < -0.3 is 5.32 Å². The molecule has 0 unspecified atom stereocenters. The van der Waals surface area contributed by atoms with E-state index in [4.69, 9.17) is 0 Å². The molecule has 1 atom stereocenters. The van der Waals surface area contributed by atoms with Crippen LogP contribution in [0.25, 0.3) is 0 Å². The molecule has 1 heterocycles. The maximum atomic E-state index is 13.1. The lowest BCUT2D eigenvalue weighted by Gasteiger charge is -2.18. The van der Waals surface area contributed by atoms with Crippen molar-refractivity contribution >= 4 is 5.91 Å². The SMILES string of the molecule is O=C(N[C@@H](c1ccc(C(F)(F)F)cc1)C(F)F)c1cccnn1. The van der Waals surface area contributed by atoms with Crippen LogP contribution >= 0.6 is 0 Å². The third-order valence-electron chi connectivity index (χ3n) is 2.94. The third kappa shape index (κ3) is 4.21. The van der Waals surface area contributed by atoms with Gasteiger partial charge in [-0.2, -0.15) is 18.3 Å². The number of rotatable bonds is 4. The third-order valence-corrected chi connectivity index (χ3v) is 2.94. The van der Waals surface area contributed by atoms with E-state index in [2.05, 4.69) is 10.2 Å². The number of halogens is 5. The highest BCUT2D eigenvalue weighted by atomic mass is 19.4. The molecule has 0 aliphatic carbocycles. The first-order valence-electron chi connectivity index (χ1n) is 6.33. The molecule has 0 aliphatic rings. The molecule has 122 valence electrons. The number of nitrogens with one attached hydrogen (secondary N) is 1. The molecule has 0 fully saturated rings. The number of alkyl halides is 5. The number of carbonyl (C=O) groups excluding carboxylic acids is 1. The van der Waals surface area contributed by atoms with E-state index < -0.39 is 30.1 Å². The molecule has 1 amide bonds. The molecule has 0 saturated heterocycles. The summed E-state index contributed by atoms with van der Waals surface area (Å²) in [6, 6.07) is 4.08. The van der Waals surface area contributed by atoms with Gasteiger partial charge in [0.15, 0.2) is 5.69 Å². The van der Waals surface area contributed by atoms with E-state index in [1.165, 1.54) is 18.3 Å². The molecular weight excluding hydrogens is 321 g/mol. The average molecular weight is 331 g/mol. The molecule has 0 aliphatic heterocycles. The standard InChI is InChI=1S/C14H10F5N3O/c15-12(16)11(21-13(23)10-2-1-7-20-22-10)8-3-5-9(6-4-8)14(17,18)19/h1-7,11-12H,(H,21,23)/t11-/m0/s1. The van der Waals surface area contributed by atoms with E-state index in [0.717, 1.165) is 12.1 Å². The highest BCUT2D eigenvalue weighted by Crippen LogP contribution is 2.30. The van der Waals surface area contributed by atoms with Gasteiger partial charge in [0.05, 0.1) is 5.56 Å². The van der Waals surface area contributed by atoms with Crippen LogP contribution in [0.15, 0.2) is 42.6 Å². The minimum atomic E-state index is -4.57. The predicted molar refractivity (Wildman–Crippen MR) is 69.7 cm³/mol. The van der Waals surface area contributed by atoms with E-state index in [-0.39, 0.29) is 11.3 Å². The monoisotopic (exact) mass is 331 g/mol. The molecule has 4 nitrogen and oxygen atoms in total. The maximum absolute atomic E-state index is 13.1. The second-order valence-electron chi connectivity index (χ2n) is 4.51. The summed E-state index contributed by atoms with van der Waals surface area (Å²) in [4.78, 5) is 11.8. The van der Waals surface area contributed by atoms with Crippen molar-refractivity contribution < 1.29 is 26.7 Å². The van der Waals surface area contributed by atoms with E-state index in [0.29, 0.717) is 12.1 Å². The smallest absolute Gasteiger partial charge is 0.338 e. The zero-order chi connectivity index (χ0) is 17.0. The number of nitrogens with zero attached hydrogens (tertiary/aromatic N) is 2. The normalized spacial score (nSPS) is 13.0. The fourth-order valence-corrected chi connectivity index (χ4v) is 1.81. The fourth-order valence-electron chi connectivity index (χ4n) is 1.81. The summed E-state index contributed by atoms with van der Waals surface area (Å²) in [6.07, 6.45) is -6.27. The molecule has 1 N–H and O–H groups in total. The summed E-state index contributed by atoms with van der Waals surface area (Å²) in [7, 11) is 0. The topological polar surface area (TPSA) is 54.9 Å². The van der Waals surface area contributed by atoms with Crippen molar-refractivity contribution in [1.29, 1.82) is 0 Å². The van der Waals surface area contributed by atoms with Crippen molar-refractivity contribution in [2.45, 2.75) is 18.6 Å². The van der Waals surface area contributed by atoms with Gasteiger partial charge in [0, 0.05) is 6.20 Å². The van der Waals surface area contributed by atoms with Crippen LogP contribution in [0.5, 0.6) is 0 Å². The van der Waals surface area contributed by atoms with Gasteiger partial charge in [-0.25, -0.2) is 8.78 Å². The van der Waals surface area contributed by atoms with Crippen LogP contribution in [0.2, 0.25) is 0 Å². The zero-order valence-electron chi connectivity index (χ0n) is 11.4. The van der Waals surface area contributed by atoms with Gasteiger partial charge in [-0.15, -0.1) is 5.10 Å². The zero-order valence-corrected chi connectivity index (χ0v) is 11.4. The average Bonchev–Trinajstić information content (AvgIpc) is 2.52. The molecule has 0 bridgehead atoms. The van der Waals surface area contributed by atoms with Gasteiger partial charge in [0.1, 0.15) is 6.04 Å². The van der Waals surface area contributed by atoms with E-state index >= 15 is 0 Å². The van der Waals surface area contributed by atoms with E-state index in [1.54, 1.807) is 0 Å². The molecular formula is C14H10F5N3O. The maximum Gasteiger partial charge on any atom is 0.416 e. The van der Waals surface area contributed by atoms with Gasteiger partial charge in [0.2, 0.25) is 0 Å². The molecule has 23 heavy (non-hydrogen) atoms. The van der Waals surface area contributed by atoms with E-state index in [1.807, 2.05) is 5.32 Å². The Kier molecular flexibility index (Phi) is 4.87. The second kappa shape index (κ2) is 6.67. The first-order chi connectivity index (χ1) is 10.8. The molecule has 2 aromatic rings. The molecule has 0 radical (unpaired) electrons. The first kappa shape index (κ1) is 16.8. The summed E-state index contributed by atoms with van der Waals surface area (Å²) >= 11 is 0. The van der Waals surface area contributed by atoms with Gasteiger partial charge >= 0.3 is 6.18 Å². The van der Waals surface area contributed by atoms with Crippen LogP contribution in [0.1, 0.15) is 27.7 Å². The summed E-state index contributed by atoms with van der Waals surface area (Å²) < 4.78 is 63.7. The number of hydrogen-bond donors (Lipinski definition) is 1. The van der Waals surface area contributed by atoms with Gasteiger partial charge in [0.25, 0.3) is 12.3 Å². The highest BCUT2D eigenvalue weighted by molar-refractivity contribution is 5.92. The predicted octanol–water partition coefficient (Wildman–Crippen LogP) is 3.23. The number of carbonyl (C=O) groups is 1. The Balaban J connectivity index is 2.20. The number of benzene rings is 1. The lowest BCUT2D eigenvalue weighted by molar-refractivity contribution is -0.137. The van der Waals surface area contributed by atoms with Crippen LogP contribution < -0.4 is 5.32 Å². The Bertz CT molecular complexity index is 658. The molecule has 0 spiro atoms. The fraction of sp³-hybridized carbons (Fsp3) is 0.214. The van der Waals surface area contributed by atoms with Gasteiger partial charge in [-0.05, 0) is 29.8 Å². The molecule has 0 saturated carbocycles. The largest absolute Gasteiger partial charge is 0.416 e. The van der Waals surface area contributed by atoms with Crippen molar-refractivity contribution in [3.63, 3.8) is 0 Å². The minimum Gasteiger partial charge on any atom is -0.338 e. The van der Waals surface area contributed by atoms with Crippen molar-refractivity contribution in [2.24, 2.45) is 0 Å². The molecule has 2 rings (SSSR count). The first-order valence-corrected chi connectivity index (χ1v) is 6.33. The van der Waals surface area contributed by atoms with Crippen LogP contribution in [-0.4, -0.2) is 22.5 Å². The Hall–Kier alpha value is -2.58. The lowest BCUT2D eigenvalue weighted by atomic mass is 10.0. The van der Waals surface area contributed by atoms with Gasteiger partial charge in [-0.1, -0.05) is 12.1 Å². The van der Waals surface area contributed by atoms with Crippen molar-refractivity contribution in [3.8, 4) is 0 Å². The molecule has 9 heteroatoms. The Morgan fingerprint density at radius 2 is 1.74 bits per heavy atom. The van der Waals surface area contributed by atoms with Crippen LogP contribution in [0.3, 0.4) is 0 Å². The van der Waals surface area contributed by atoms with Crippen LogP contribution in [0, 0.1) is 0 Å². The Morgan fingerprint density at radius 3 is 2.22 bits per heavy atom. The molecule has 1 aromatic heterocycles. The second-order valence-corrected chi connectivity index (χ2v) is 4.51. The minimum absolute atomic E-state index is 0.148. The van der Waals surface area contributed by atoms with Crippen LogP contribution in [0.4, 0.5) is 22.0 Å². The summed E-state index contributed by atoms with van der Waals surface area (Å²) in [5.41, 5.74) is -1.29. The van der Waals surface area contributed by atoms with Crippen molar-refractivity contribution in [1.82, 2.24) is 15.5 Å². The number of hydrogen-bond acceptors (Lipinski definition) is 3. The number of aromatic nitrogens is 2. The Morgan fingerprint density at radius 1 is 1.09 bits per heavy atom. The Labute approximate surface area is 127 Å². The van der Waals surface area contributed by atoms with Crippen molar-refractivity contribution in [2.75, 3.05) is 0 Å². The van der Waals surface area contributed by atoms with Gasteiger partial charge in [-0.3, -0.25) is 4.79 Å². The molecule has 1 aromatic carbocycles. The number of amides is 1. The quantitative estimate of drug-likeness (QED) is 0.875. The summed E-state index contributed by atoms with van der Waals surface area (Å²) in [5, 5.41) is 8.96. The summed E-state index contributed by atoms with van der Waals surface area (Å²) in [5.74, 6) is -0.900. The highest BCUT2D eigenvalue weighted by Gasteiger charge is 2.31. The van der Waals surface area contributed by atoms with Crippen molar-refractivity contribution in [3.05, 3.63) is 59.4 Å².